The molecule has 0 bridgehead atoms. The van der Waals surface area contributed by atoms with Crippen molar-refractivity contribution < 1.29 is 13.2 Å². The van der Waals surface area contributed by atoms with Crippen molar-refractivity contribution in [3.63, 3.8) is 0 Å². The number of benzene rings is 1. The van der Waals surface area contributed by atoms with Gasteiger partial charge in [0.1, 0.15) is 4.99 Å². The van der Waals surface area contributed by atoms with Crippen LogP contribution < -0.4 is 16.0 Å². The van der Waals surface area contributed by atoms with Crippen molar-refractivity contribution in [2.24, 2.45) is 11.7 Å². The lowest BCUT2D eigenvalue weighted by Crippen LogP contribution is -2.59. The zero-order valence-electron chi connectivity index (χ0n) is 17.9. The van der Waals surface area contributed by atoms with E-state index in [0.717, 1.165) is 44.4 Å². The van der Waals surface area contributed by atoms with Gasteiger partial charge in [-0.05, 0) is 49.1 Å². The van der Waals surface area contributed by atoms with E-state index in [1.54, 1.807) is 24.5 Å². The second-order valence-electron chi connectivity index (χ2n) is 8.22. The van der Waals surface area contributed by atoms with E-state index < -0.39 is 11.7 Å². The number of piperidine rings is 1. The lowest BCUT2D eigenvalue weighted by atomic mass is 9.74. The van der Waals surface area contributed by atoms with Gasteiger partial charge in [0.25, 0.3) is 0 Å². The van der Waals surface area contributed by atoms with E-state index in [1.807, 2.05) is 0 Å². The summed E-state index contributed by atoms with van der Waals surface area (Å²) in [5, 5.41) is 3.04. The van der Waals surface area contributed by atoms with Crippen LogP contribution in [0.1, 0.15) is 50.7 Å². The van der Waals surface area contributed by atoms with Gasteiger partial charge in [-0.1, -0.05) is 38.9 Å². The number of anilines is 2. The molecular formula is C23H29F3N4S. The van der Waals surface area contributed by atoms with Crippen molar-refractivity contribution in [2.75, 3.05) is 23.3 Å². The minimum absolute atomic E-state index is 0.338. The topological polar surface area (TPSA) is 54.2 Å². The highest BCUT2D eigenvalue weighted by molar-refractivity contribution is 7.81. The van der Waals surface area contributed by atoms with Crippen LogP contribution in [0.2, 0.25) is 0 Å². The van der Waals surface area contributed by atoms with E-state index in [4.69, 9.17) is 18.0 Å². The van der Waals surface area contributed by atoms with Gasteiger partial charge in [-0.25, -0.2) is 0 Å². The summed E-state index contributed by atoms with van der Waals surface area (Å²) in [7, 11) is 0. The van der Waals surface area contributed by atoms with Gasteiger partial charge in [-0.2, -0.15) is 13.2 Å². The molecule has 0 aliphatic carbocycles. The Bertz CT molecular complexity index is 903. The molecule has 0 radical (unpaired) electrons. The molecule has 31 heavy (non-hydrogen) atoms. The van der Waals surface area contributed by atoms with Gasteiger partial charge in [0, 0.05) is 36.6 Å². The van der Waals surface area contributed by atoms with Crippen LogP contribution in [0.4, 0.5) is 24.5 Å². The summed E-state index contributed by atoms with van der Waals surface area (Å²) >= 11 is 5.46. The highest BCUT2D eigenvalue weighted by Crippen LogP contribution is 2.39. The molecule has 1 aliphatic heterocycles. The van der Waals surface area contributed by atoms with Gasteiger partial charge in [0.2, 0.25) is 0 Å². The van der Waals surface area contributed by atoms with Crippen molar-refractivity contribution in [3.8, 4) is 0 Å². The molecule has 3 N–H and O–H groups in total. The molecule has 0 spiro atoms. The number of nitrogens with zero attached hydrogens (tertiary/aromatic N) is 2. The van der Waals surface area contributed by atoms with Crippen molar-refractivity contribution in [2.45, 2.75) is 51.2 Å². The van der Waals surface area contributed by atoms with Crippen molar-refractivity contribution in [1.29, 1.82) is 0 Å². The molecule has 1 saturated heterocycles. The quantitative estimate of drug-likeness (QED) is 0.560. The molecule has 0 saturated carbocycles. The third-order valence-corrected chi connectivity index (χ3v) is 6.45. The number of thiocarbonyl (C=S) groups is 1. The van der Waals surface area contributed by atoms with Gasteiger partial charge in [-0.3, -0.25) is 4.98 Å². The molecular weight excluding hydrogens is 421 g/mol. The maximum Gasteiger partial charge on any atom is 0.416 e. The summed E-state index contributed by atoms with van der Waals surface area (Å²) in [6.45, 7) is 5.60. The first kappa shape index (κ1) is 23.5. The molecule has 1 aromatic carbocycles. The Morgan fingerprint density at radius 1 is 1.26 bits per heavy atom. The molecule has 4 nitrogen and oxygen atoms in total. The molecule has 2 unspecified atom stereocenters. The maximum atomic E-state index is 13.4. The van der Waals surface area contributed by atoms with Crippen LogP contribution in [0.3, 0.4) is 0 Å². The number of halogens is 3. The van der Waals surface area contributed by atoms with Crippen LogP contribution in [0.5, 0.6) is 0 Å². The Kier molecular flexibility index (Phi) is 7.21. The van der Waals surface area contributed by atoms with Crippen molar-refractivity contribution in [1.82, 2.24) is 4.98 Å². The molecule has 2 aromatic rings. The Labute approximate surface area is 187 Å². The smallest absolute Gasteiger partial charge is 0.368 e. The number of aromatic nitrogens is 1. The Morgan fingerprint density at radius 2 is 1.97 bits per heavy atom. The first-order chi connectivity index (χ1) is 14.7. The van der Waals surface area contributed by atoms with Crippen molar-refractivity contribution in [3.05, 3.63) is 53.9 Å². The SMILES string of the molecule is CCCC1(N)CN(c2ccc(C(F)(F)F)cc2NC(=S)c2ccncc2)CCC1CC. The maximum absolute atomic E-state index is 13.4. The normalized spacial score (nSPS) is 21.7. The highest BCUT2D eigenvalue weighted by Gasteiger charge is 2.39. The lowest BCUT2D eigenvalue weighted by molar-refractivity contribution is -0.137. The summed E-state index contributed by atoms with van der Waals surface area (Å²) in [6, 6.07) is 7.23. The molecule has 2 atom stereocenters. The average Bonchev–Trinajstić information content (AvgIpc) is 2.73. The zero-order valence-corrected chi connectivity index (χ0v) is 18.7. The van der Waals surface area contributed by atoms with E-state index in [1.165, 1.54) is 6.07 Å². The number of pyridine rings is 1. The standard InChI is InChI=1S/C23H29F3N4S/c1-3-10-22(27)15-30(13-9-17(22)4-2)20-6-5-18(23(24,25)26)14-19(20)29-21(31)16-7-11-28-12-8-16/h5-8,11-12,14,17H,3-4,9-10,13,15,27H2,1-2H3,(H,29,31). The molecule has 1 fully saturated rings. The molecule has 2 heterocycles. The predicted molar refractivity (Wildman–Crippen MR) is 123 cm³/mol. The number of hydrogen-bond donors (Lipinski definition) is 2. The first-order valence-corrected chi connectivity index (χ1v) is 11.0. The summed E-state index contributed by atoms with van der Waals surface area (Å²) in [6.07, 6.45) is 2.49. The third-order valence-electron chi connectivity index (χ3n) is 6.11. The van der Waals surface area contributed by atoms with Crippen molar-refractivity contribution >= 4 is 28.6 Å². The Morgan fingerprint density at radius 3 is 2.58 bits per heavy atom. The Balaban J connectivity index is 1.96. The molecule has 8 heteroatoms. The summed E-state index contributed by atoms with van der Waals surface area (Å²) in [4.78, 5) is 6.41. The van der Waals surface area contributed by atoms with Crippen LogP contribution in [-0.2, 0) is 6.18 Å². The van der Waals surface area contributed by atoms with E-state index >= 15 is 0 Å². The van der Waals surface area contributed by atoms with Gasteiger partial charge >= 0.3 is 6.18 Å². The minimum atomic E-state index is -4.44. The minimum Gasteiger partial charge on any atom is -0.368 e. The van der Waals surface area contributed by atoms with Crippen LogP contribution in [0, 0.1) is 5.92 Å². The van der Waals surface area contributed by atoms with Gasteiger partial charge in [0.05, 0.1) is 16.9 Å². The van der Waals surface area contributed by atoms with Gasteiger partial charge in [-0.15, -0.1) is 0 Å². The number of hydrogen-bond acceptors (Lipinski definition) is 4. The summed E-state index contributed by atoms with van der Waals surface area (Å²) in [5.41, 5.74) is 7.45. The number of nitrogens with two attached hydrogens (primary N) is 1. The number of alkyl halides is 3. The van der Waals surface area contributed by atoms with Crippen LogP contribution in [0.25, 0.3) is 0 Å². The highest BCUT2D eigenvalue weighted by atomic mass is 32.1. The fourth-order valence-corrected chi connectivity index (χ4v) is 4.76. The number of rotatable bonds is 6. The first-order valence-electron chi connectivity index (χ1n) is 10.6. The van der Waals surface area contributed by atoms with Gasteiger partial charge < -0.3 is 16.0 Å². The van der Waals surface area contributed by atoms with Gasteiger partial charge in [0.15, 0.2) is 0 Å². The van der Waals surface area contributed by atoms with Crippen LogP contribution in [0.15, 0.2) is 42.7 Å². The summed E-state index contributed by atoms with van der Waals surface area (Å²) < 4.78 is 40.3. The second-order valence-corrected chi connectivity index (χ2v) is 8.63. The molecule has 168 valence electrons. The fourth-order valence-electron chi connectivity index (χ4n) is 4.51. The fraction of sp³-hybridized carbons (Fsp3) is 0.478. The average molecular weight is 451 g/mol. The predicted octanol–water partition coefficient (Wildman–Crippen LogP) is 5.62. The third kappa shape index (κ3) is 5.36. The Hall–Kier alpha value is -2.19. The van der Waals surface area contributed by atoms with E-state index in [-0.39, 0.29) is 5.54 Å². The second kappa shape index (κ2) is 9.53. The van der Waals surface area contributed by atoms with Crippen LogP contribution in [-0.4, -0.2) is 28.6 Å². The largest absolute Gasteiger partial charge is 0.416 e. The molecule has 1 aromatic heterocycles. The summed E-state index contributed by atoms with van der Waals surface area (Å²) in [5.74, 6) is 0.396. The van der Waals surface area contributed by atoms with E-state index in [9.17, 15) is 13.2 Å². The van der Waals surface area contributed by atoms with E-state index in [2.05, 4.69) is 29.0 Å². The zero-order chi connectivity index (χ0) is 22.6. The number of nitrogens with one attached hydrogen (secondary N) is 1. The molecule has 0 amide bonds. The molecule has 1 aliphatic rings. The molecule has 3 rings (SSSR count). The van der Waals surface area contributed by atoms with E-state index in [0.29, 0.717) is 34.4 Å². The van der Waals surface area contributed by atoms with Crippen LogP contribution >= 0.6 is 12.2 Å². The lowest BCUT2D eigenvalue weighted by Gasteiger charge is -2.47. The monoisotopic (exact) mass is 450 g/mol.